The second-order valence-electron chi connectivity index (χ2n) is 5.06. The maximum Gasteiger partial charge on any atom is 0.420 e. The maximum absolute atomic E-state index is 12.3. The van der Waals surface area contributed by atoms with Crippen LogP contribution in [0.25, 0.3) is 0 Å². The zero-order valence-corrected chi connectivity index (χ0v) is 10.1. The standard InChI is InChI=1S/C12H16F3NO2/c1-7-2-4-8(5-3-7)10-6-9(16-18-10)11(17)12(13,14)15/h6-8,11,17H,2-5H2,1H3. The number of alkyl halides is 3. The number of aliphatic hydroxyl groups is 1. The first-order valence-corrected chi connectivity index (χ1v) is 6.09. The Kier molecular flexibility index (Phi) is 3.66. The van der Waals surface area contributed by atoms with Crippen LogP contribution in [0.5, 0.6) is 0 Å². The van der Waals surface area contributed by atoms with Gasteiger partial charge >= 0.3 is 6.18 Å². The minimum absolute atomic E-state index is 0.128. The molecule has 1 aromatic heterocycles. The summed E-state index contributed by atoms with van der Waals surface area (Å²) >= 11 is 0. The van der Waals surface area contributed by atoms with Crippen LogP contribution < -0.4 is 0 Å². The Morgan fingerprint density at radius 3 is 2.50 bits per heavy atom. The second kappa shape index (κ2) is 4.91. The quantitative estimate of drug-likeness (QED) is 0.887. The smallest absolute Gasteiger partial charge is 0.378 e. The molecule has 3 nitrogen and oxygen atoms in total. The van der Waals surface area contributed by atoms with Gasteiger partial charge in [0.1, 0.15) is 11.5 Å². The van der Waals surface area contributed by atoms with E-state index in [4.69, 9.17) is 9.63 Å². The monoisotopic (exact) mass is 263 g/mol. The molecule has 1 unspecified atom stereocenters. The largest absolute Gasteiger partial charge is 0.420 e. The van der Waals surface area contributed by atoms with Crippen LogP contribution in [-0.4, -0.2) is 16.4 Å². The van der Waals surface area contributed by atoms with Crippen LogP contribution in [0.2, 0.25) is 0 Å². The lowest BCUT2D eigenvalue weighted by molar-refractivity contribution is -0.208. The Balaban J connectivity index is 2.06. The minimum atomic E-state index is -4.70. The van der Waals surface area contributed by atoms with E-state index < -0.39 is 18.0 Å². The number of hydrogen-bond donors (Lipinski definition) is 1. The molecule has 0 spiro atoms. The van der Waals surface area contributed by atoms with Gasteiger partial charge in [0.05, 0.1) is 0 Å². The molecule has 1 N–H and O–H groups in total. The van der Waals surface area contributed by atoms with Gasteiger partial charge < -0.3 is 9.63 Å². The van der Waals surface area contributed by atoms with E-state index in [0.717, 1.165) is 25.7 Å². The van der Waals surface area contributed by atoms with Gasteiger partial charge in [0, 0.05) is 12.0 Å². The lowest BCUT2D eigenvalue weighted by atomic mass is 9.82. The summed E-state index contributed by atoms with van der Waals surface area (Å²) in [5.74, 6) is 1.24. The molecule has 18 heavy (non-hydrogen) atoms. The minimum Gasteiger partial charge on any atom is -0.378 e. The highest BCUT2D eigenvalue weighted by molar-refractivity contribution is 5.13. The van der Waals surface area contributed by atoms with Gasteiger partial charge in [-0.2, -0.15) is 13.2 Å². The van der Waals surface area contributed by atoms with Crippen molar-refractivity contribution >= 4 is 0 Å². The Morgan fingerprint density at radius 1 is 1.33 bits per heavy atom. The fourth-order valence-electron chi connectivity index (χ4n) is 2.34. The third-order valence-corrected chi connectivity index (χ3v) is 3.56. The van der Waals surface area contributed by atoms with Crippen LogP contribution in [0.3, 0.4) is 0 Å². The number of halogens is 3. The Hall–Kier alpha value is -1.04. The van der Waals surface area contributed by atoms with E-state index in [0.29, 0.717) is 11.7 Å². The molecule has 1 aliphatic rings. The first-order chi connectivity index (χ1) is 8.38. The lowest BCUT2D eigenvalue weighted by Gasteiger charge is -2.23. The number of hydrogen-bond acceptors (Lipinski definition) is 3. The van der Waals surface area contributed by atoms with E-state index in [9.17, 15) is 13.2 Å². The predicted octanol–water partition coefficient (Wildman–Crippen LogP) is 3.56. The molecule has 0 aromatic carbocycles. The molecular weight excluding hydrogens is 247 g/mol. The fraction of sp³-hybridized carbons (Fsp3) is 0.750. The lowest BCUT2D eigenvalue weighted by Crippen LogP contribution is -2.20. The van der Waals surface area contributed by atoms with E-state index in [-0.39, 0.29) is 5.92 Å². The van der Waals surface area contributed by atoms with Crippen molar-refractivity contribution in [1.82, 2.24) is 5.16 Å². The number of rotatable bonds is 2. The van der Waals surface area contributed by atoms with Crippen molar-refractivity contribution in [3.05, 3.63) is 17.5 Å². The summed E-state index contributed by atoms with van der Waals surface area (Å²) in [6.45, 7) is 2.16. The van der Waals surface area contributed by atoms with Crippen molar-refractivity contribution in [2.45, 2.75) is 50.8 Å². The van der Waals surface area contributed by atoms with Gasteiger partial charge in [-0.05, 0) is 18.8 Å². The average Bonchev–Trinajstić information content (AvgIpc) is 2.77. The van der Waals surface area contributed by atoms with Crippen molar-refractivity contribution in [1.29, 1.82) is 0 Å². The summed E-state index contributed by atoms with van der Waals surface area (Å²) in [6.07, 6.45) is -3.37. The molecule has 1 aliphatic carbocycles. The van der Waals surface area contributed by atoms with Crippen molar-refractivity contribution < 1.29 is 22.8 Å². The van der Waals surface area contributed by atoms with E-state index in [2.05, 4.69) is 12.1 Å². The van der Waals surface area contributed by atoms with E-state index >= 15 is 0 Å². The van der Waals surface area contributed by atoms with Gasteiger partial charge in [0.25, 0.3) is 0 Å². The van der Waals surface area contributed by atoms with Gasteiger partial charge in [-0.15, -0.1) is 0 Å². The molecule has 0 radical (unpaired) electrons. The summed E-state index contributed by atoms with van der Waals surface area (Å²) in [4.78, 5) is 0. The first-order valence-electron chi connectivity index (χ1n) is 6.09. The average molecular weight is 263 g/mol. The van der Waals surface area contributed by atoms with E-state index in [1.54, 1.807) is 0 Å². The topological polar surface area (TPSA) is 46.3 Å². The van der Waals surface area contributed by atoms with Crippen LogP contribution in [0.1, 0.15) is 56.1 Å². The van der Waals surface area contributed by atoms with Crippen LogP contribution in [0.4, 0.5) is 13.2 Å². The summed E-state index contributed by atoms with van der Waals surface area (Å²) in [5, 5.41) is 12.4. The zero-order chi connectivity index (χ0) is 13.3. The molecule has 6 heteroatoms. The molecule has 1 saturated carbocycles. The van der Waals surface area contributed by atoms with Crippen LogP contribution in [0, 0.1) is 5.92 Å². The third kappa shape index (κ3) is 2.85. The van der Waals surface area contributed by atoms with Crippen LogP contribution in [0.15, 0.2) is 10.6 Å². The number of aromatic nitrogens is 1. The van der Waals surface area contributed by atoms with Crippen molar-refractivity contribution in [2.24, 2.45) is 5.92 Å². The Bertz CT molecular complexity index is 394. The van der Waals surface area contributed by atoms with Gasteiger partial charge in [-0.25, -0.2) is 0 Å². The molecule has 0 aliphatic heterocycles. The Labute approximate surface area is 103 Å². The molecule has 1 fully saturated rings. The molecule has 1 heterocycles. The van der Waals surface area contributed by atoms with Crippen LogP contribution in [-0.2, 0) is 0 Å². The van der Waals surface area contributed by atoms with Crippen molar-refractivity contribution in [3.63, 3.8) is 0 Å². The zero-order valence-electron chi connectivity index (χ0n) is 10.1. The van der Waals surface area contributed by atoms with Crippen molar-refractivity contribution in [3.8, 4) is 0 Å². The van der Waals surface area contributed by atoms with Crippen LogP contribution >= 0.6 is 0 Å². The summed E-state index contributed by atoms with van der Waals surface area (Å²) in [6, 6.07) is 1.23. The summed E-state index contributed by atoms with van der Waals surface area (Å²) < 4.78 is 41.9. The molecule has 102 valence electrons. The molecular formula is C12H16F3NO2. The SMILES string of the molecule is CC1CCC(c2cc(C(O)C(F)(F)F)no2)CC1. The van der Waals surface area contributed by atoms with E-state index in [1.807, 2.05) is 0 Å². The van der Waals surface area contributed by atoms with Crippen molar-refractivity contribution in [2.75, 3.05) is 0 Å². The molecule has 2 rings (SSSR count). The molecule has 1 aromatic rings. The highest BCUT2D eigenvalue weighted by atomic mass is 19.4. The Morgan fingerprint density at radius 2 is 1.94 bits per heavy atom. The fourth-order valence-corrected chi connectivity index (χ4v) is 2.34. The summed E-state index contributed by atoms with van der Waals surface area (Å²) in [7, 11) is 0. The van der Waals surface area contributed by atoms with Gasteiger partial charge in [0.15, 0.2) is 6.10 Å². The molecule has 0 amide bonds. The highest BCUT2D eigenvalue weighted by Gasteiger charge is 2.41. The summed E-state index contributed by atoms with van der Waals surface area (Å²) in [5.41, 5.74) is -0.448. The number of aliphatic hydroxyl groups excluding tert-OH is 1. The number of nitrogens with zero attached hydrogens (tertiary/aromatic N) is 1. The first kappa shape index (κ1) is 13.4. The maximum atomic E-state index is 12.3. The highest BCUT2D eigenvalue weighted by Crippen LogP contribution is 2.38. The molecule has 1 atom stereocenters. The predicted molar refractivity (Wildman–Crippen MR) is 57.9 cm³/mol. The normalized spacial score (nSPS) is 27.2. The van der Waals surface area contributed by atoms with E-state index in [1.165, 1.54) is 6.07 Å². The van der Waals surface area contributed by atoms with Gasteiger partial charge in [-0.1, -0.05) is 24.9 Å². The molecule has 0 bridgehead atoms. The molecule has 0 saturated heterocycles. The van der Waals surface area contributed by atoms with Gasteiger partial charge in [0.2, 0.25) is 0 Å². The third-order valence-electron chi connectivity index (χ3n) is 3.56. The second-order valence-corrected chi connectivity index (χ2v) is 5.06. The van der Waals surface area contributed by atoms with Gasteiger partial charge in [-0.3, -0.25) is 0 Å².